The van der Waals surface area contributed by atoms with Crippen molar-refractivity contribution in [1.82, 2.24) is 15.2 Å². The van der Waals surface area contributed by atoms with Crippen molar-refractivity contribution in [3.63, 3.8) is 0 Å². The molecule has 0 bridgehead atoms. The highest BCUT2D eigenvalue weighted by molar-refractivity contribution is 7.26. The number of H-pyrrole nitrogens is 1. The molecule has 3 aromatic rings. The lowest BCUT2D eigenvalue weighted by atomic mass is 10.2. The first-order valence-electron chi connectivity index (χ1n) is 6.88. The first-order valence-corrected chi connectivity index (χ1v) is 7.69. The molecular weight excluding hydrogens is 284 g/mol. The minimum Gasteiger partial charge on any atom is -0.381 e. The van der Waals surface area contributed by atoms with Crippen molar-refractivity contribution in [2.75, 3.05) is 5.73 Å². The van der Waals surface area contributed by atoms with Gasteiger partial charge in [-0.1, -0.05) is 13.8 Å². The fourth-order valence-electron chi connectivity index (χ4n) is 2.09. The van der Waals surface area contributed by atoms with Crippen molar-refractivity contribution in [2.45, 2.75) is 34.1 Å². The Hall–Kier alpha value is -1.95. The average molecular weight is 304 g/mol. The van der Waals surface area contributed by atoms with Crippen LogP contribution in [0.5, 0.6) is 0 Å². The average Bonchev–Trinajstić information content (AvgIpc) is 2.90. The number of aryl methyl sites for hydroxylation is 2. The minimum absolute atomic E-state index is 0.530. The smallest absolute Gasteiger partial charge is 0.163 e. The second-order valence-electron chi connectivity index (χ2n) is 5.47. The van der Waals surface area contributed by atoms with Crippen molar-refractivity contribution in [3.05, 3.63) is 17.3 Å². The Bertz CT molecular complexity index is 773. The van der Waals surface area contributed by atoms with Gasteiger partial charge in [0.2, 0.25) is 0 Å². The maximum absolute atomic E-state index is 9.62. The highest BCUT2D eigenvalue weighted by Gasteiger charge is 2.13. The van der Waals surface area contributed by atoms with Crippen LogP contribution < -0.4 is 5.73 Å². The van der Waals surface area contributed by atoms with Gasteiger partial charge in [-0.2, -0.15) is 5.10 Å². The van der Waals surface area contributed by atoms with Crippen LogP contribution in [0, 0.1) is 19.8 Å². The van der Waals surface area contributed by atoms with Gasteiger partial charge in [0.15, 0.2) is 5.82 Å². The third kappa shape index (κ3) is 3.21. The molecule has 0 amide bonds. The number of aromatic amines is 1. The number of hydrogen-bond donors (Lipinski definition) is 2. The first-order chi connectivity index (χ1) is 9.93. The van der Waals surface area contributed by atoms with E-state index in [2.05, 4.69) is 28.2 Å². The van der Waals surface area contributed by atoms with Gasteiger partial charge in [-0.25, -0.2) is 4.98 Å². The molecule has 112 valence electrons. The number of thiophene rings is 1. The third-order valence-corrected chi connectivity index (χ3v) is 4.18. The van der Waals surface area contributed by atoms with Crippen LogP contribution in [0.25, 0.3) is 20.4 Å². The van der Waals surface area contributed by atoms with Crippen LogP contribution in [-0.4, -0.2) is 21.5 Å². The molecule has 0 radical (unpaired) electrons. The van der Waals surface area contributed by atoms with Crippen LogP contribution in [0.1, 0.15) is 31.5 Å². The fourth-order valence-corrected chi connectivity index (χ4v) is 3.24. The Balaban J connectivity index is 0.000000232. The number of anilines is 1. The lowest BCUT2D eigenvalue weighted by Gasteiger charge is -1.97. The van der Waals surface area contributed by atoms with E-state index >= 15 is 0 Å². The topological polar surface area (TPSA) is 84.7 Å². The molecule has 21 heavy (non-hydrogen) atoms. The van der Waals surface area contributed by atoms with Gasteiger partial charge in [0.1, 0.15) is 11.1 Å². The first kappa shape index (κ1) is 15.4. The van der Waals surface area contributed by atoms with Crippen molar-refractivity contribution in [2.24, 2.45) is 5.92 Å². The maximum atomic E-state index is 9.62. The Morgan fingerprint density at radius 2 is 2.14 bits per heavy atom. The number of fused-ring (bicyclic) bond motifs is 3. The summed E-state index contributed by atoms with van der Waals surface area (Å²) in [6.45, 7) is 8.13. The quantitative estimate of drug-likeness (QED) is 0.708. The molecule has 0 unspecified atom stereocenters. The van der Waals surface area contributed by atoms with Crippen LogP contribution in [0.3, 0.4) is 0 Å². The molecule has 6 heteroatoms. The second kappa shape index (κ2) is 6.22. The summed E-state index contributed by atoms with van der Waals surface area (Å²) in [6.07, 6.45) is 1.64. The molecule has 3 rings (SSSR count). The minimum atomic E-state index is 0.530. The highest BCUT2D eigenvalue weighted by atomic mass is 32.1. The van der Waals surface area contributed by atoms with Crippen LogP contribution in [0.2, 0.25) is 0 Å². The predicted octanol–water partition coefficient (Wildman–Crippen LogP) is 3.60. The molecule has 0 saturated heterocycles. The zero-order chi connectivity index (χ0) is 15.6. The van der Waals surface area contributed by atoms with E-state index in [1.54, 1.807) is 11.3 Å². The lowest BCUT2D eigenvalue weighted by molar-refractivity contribution is -0.108. The van der Waals surface area contributed by atoms with Gasteiger partial charge in [0, 0.05) is 17.5 Å². The van der Waals surface area contributed by atoms with E-state index in [-0.39, 0.29) is 0 Å². The number of nitrogen functional groups attached to an aromatic ring is 1. The molecule has 0 atom stereocenters. The number of nitrogens with two attached hydrogens (primary N) is 1. The molecule has 3 aromatic heterocycles. The van der Waals surface area contributed by atoms with Gasteiger partial charge >= 0.3 is 0 Å². The second-order valence-corrected chi connectivity index (χ2v) is 6.47. The number of nitrogens with one attached hydrogen (secondary N) is 1. The van der Waals surface area contributed by atoms with E-state index in [1.807, 2.05) is 20.8 Å². The summed E-state index contributed by atoms with van der Waals surface area (Å²) < 4.78 is 1.01. The predicted molar refractivity (Wildman–Crippen MR) is 88.7 cm³/mol. The largest absolute Gasteiger partial charge is 0.381 e. The van der Waals surface area contributed by atoms with Gasteiger partial charge in [-0.3, -0.25) is 5.10 Å². The number of hydrogen-bond acceptors (Lipinski definition) is 5. The molecule has 0 aliphatic rings. The highest BCUT2D eigenvalue weighted by Crippen LogP contribution is 2.36. The summed E-state index contributed by atoms with van der Waals surface area (Å²) in [7, 11) is 0. The SMILES string of the molecule is CC(C)CC=O.Cc1cc(C)c2c(n1)sc1c(N)n[nH]c12. The molecule has 0 saturated carbocycles. The van der Waals surface area contributed by atoms with E-state index in [1.165, 1.54) is 5.56 Å². The molecule has 0 spiro atoms. The Kier molecular flexibility index (Phi) is 4.57. The van der Waals surface area contributed by atoms with Gasteiger partial charge < -0.3 is 10.5 Å². The van der Waals surface area contributed by atoms with E-state index in [4.69, 9.17) is 5.73 Å². The number of pyridine rings is 1. The number of carbonyl (C=O) groups excluding carboxylic acids is 1. The van der Waals surface area contributed by atoms with Crippen LogP contribution in [0.4, 0.5) is 5.82 Å². The molecule has 3 N–H and O–H groups in total. The molecule has 3 heterocycles. The maximum Gasteiger partial charge on any atom is 0.163 e. The number of nitrogens with zero attached hydrogens (tertiary/aromatic N) is 2. The van der Waals surface area contributed by atoms with Gasteiger partial charge in [-0.05, 0) is 31.4 Å². The summed E-state index contributed by atoms with van der Waals surface area (Å²) in [5.41, 5.74) is 9.03. The number of aromatic nitrogens is 3. The van der Waals surface area contributed by atoms with Gasteiger partial charge in [0.05, 0.1) is 10.2 Å². The van der Waals surface area contributed by atoms with Crippen LogP contribution in [0.15, 0.2) is 6.07 Å². The van der Waals surface area contributed by atoms with Crippen LogP contribution in [-0.2, 0) is 4.79 Å². The Morgan fingerprint density at radius 3 is 2.71 bits per heavy atom. The summed E-state index contributed by atoms with van der Waals surface area (Å²) >= 11 is 1.59. The van der Waals surface area contributed by atoms with Crippen molar-refractivity contribution >= 4 is 43.9 Å². The van der Waals surface area contributed by atoms with Gasteiger partial charge in [-0.15, -0.1) is 11.3 Å². The summed E-state index contributed by atoms with van der Waals surface area (Å²) in [5, 5.41) is 8.11. The zero-order valence-electron chi connectivity index (χ0n) is 12.7. The summed E-state index contributed by atoms with van der Waals surface area (Å²) in [6, 6.07) is 2.07. The van der Waals surface area contributed by atoms with Crippen LogP contribution >= 0.6 is 11.3 Å². The van der Waals surface area contributed by atoms with E-state index in [0.29, 0.717) is 18.2 Å². The normalized spacial score (nSPS) is 10.9. The van der Waals surface area contributed by atoms with E-state index in [0.717, 1.165) is 32.4 Å². The lowest BCUT2D eigenvalue weighted by Crippen LogP contribution is -1.84. The Labute approximate surface area is 127 Å². The fraction of sp³-hybridized carbons (Fsp3) is 0.400. The van der Waals surface area contributed by atoms with Crippen molar-refractivity contribution < 1.29 is 4.79 Å². The molecule has 0 aromatic carbocycles. The summed E-state index contributed by atoms with van der Waals surface area (Å²) in [5.74, 6) is 1.09. The van der Waals surface area contributed by atoms with Crippen molar-refractivity contribution in [1.29, 1.82) is 0 Å². The van der Waals surface area contributed by atoms with Gasteiger partial charge in [0.25, 0.3) is 0 Å². The monoisotopic (exact) mass is 304 g/mol. The molecule has 5 nitrogen and oxygen atoms in total. The number of carbonyl (C=O) groups is 1. The molecule has 0 aliphatic heterocycles. The Morgan fingerprint density at radius 1 is 1.43 bits per heavy atom. The zero-order valence-corrected chi connectivity index (χ0v) is 13.5. The summed E-state index contributed by atoms with van der Waals surface area (Å²) in [4.78, 5) is 15.1. The van der Waals surface area contributed by atoms with E-state index < -0.39 is 0 Å². The van der Waals surface area contributed by atoms with Crippen molar-refractivity contribution in [3.8, 4) is 0 Å². The van der Waals surface area contributed by atoms with E-state index in [9.17, 15) is 4.79 Å². The molecule has 0 aliphatic carbocycles. The molecular formula is C15H20N4OS. The number of rotatable bonds is 2. The standard InChI is InChI=1S/C10H10N4S.C5H10O/c1-4-3-5(2)12-10-6(4)7-8(15-10)9(11)14-13-7;1-5(2)3-4-6/h3H,1-2H3,(H3,11,13,14);4-5H,3H2,1-2H3. The molecule has 0 fully saturated rings. The number of aldehydes is 1. The third-order valence-electron chi connectivity index (χ3n) is 3.08.